The third-order valence-corrected chi connectivity index (χ3v) is 4.55. The van der Waals surface area contributed by atoms with E-state index in [1.165, 1.54) is 19.2 Å². The summed E-state index contributed by atoms with van der Waals surface area (Å²) in [6, 6.07) is 5.92. The van der Waals surface area contributed by atoms with Crippen molar-refractivity contribution in [3.05, 3.63) is 36.7 Å². The van der Waals surface area contributed by atoms with Crippen LogP contribution in [0.3, 0.4) is 0 Å². The number of nitrogens with zero attached hydrogens (tertiary/aromatic N) is 2. The average molecular weight is 310 g/mol. The minimum atomic E-state index is -3.69. The Bertz CT molecular complexity index is 698. The van der Waals surface area contributed by atoms with E-state index in [-0.39, 0.29) is 16.6 Å². The number of nitrogens with one attached hydrogen (secondary N) is 1. The number of aromatic nitrogens is 2. The first-order valence-electron chi connectivity index (χ1n) is 6.35. The highest BCUT2D eigenvalue weighted by molar-refractivity contribution is 7.89. The molecule has 1 heterocycles. The van der Waals surface area contributed by atoms with Crippen LogP contribution in [0.15, 0.2) is 41.6 Å². The number of hydrogen-bond donors (Lipinski definition) is 2. The molecule has 0 saturated heterocycles. The van der Waals surface area contributed by atoms with E-state index >= 15 is 0 Å². The molecule has 0 aliphatic heterocycles. The molecule has 0 spiro atoms. The third kappa shape index (κ3) is 3.73. The molecule has 0 saturated carbocycles. The summed E-state index contributed by atoms with van der Waals surface area (Å²) < 4.78 is 33.9. The molecule has 0 aliphatic rings. The molecule has 1 unspecified atom stereocenters. The molecule has 7 nitrogen and oxygen atoms in total. The normalized spacial score (nSPS) is 13.0. The molecule has 2 aromatic rings. The van der Waals surface area contributed by atoms with E-state index in [1.54, 1.807) is 36.1 Å². The summed E-state index contributed by atoms with van der Waals surface area (Å²) in [5.41, 5.74) is 5.92. The van der Waals surface area contributed by atoms with Crippen LogP contribution >= 0.6 is 0 Å². The maximum Gasteiger partial charge on any atom is 0.242 e. The van der Waals surface area contributed by atoms with Gasteiger partial charge in [-0.25, -0.2) is 13.1 Å². The van der Waals surface area contributed by atoms with E-state index in [1.807, 2.05) is 0 Å². The van der Waals surface area contributed by atoms with Crippen molar-refractivity contribution >= 4 is 15.7 Å². The van der Waals surface area contributed by atoms with Crippen molar-refractivity contribution in [3.8, 4) is 5.75 Å². The second-order valence-electron chi connectivity index (χ2n) is 4.65. The van der Waals surface area contributed by atoms with Crippen LogP contribution in [-0.4, -0.2) is 31.3 Å². The minimum Gasteiger partial charge on any atom is -0.497 e. The predicted molar refractivity (Wildman–Crippen MR) is 79.4 cm³/mol. The van der Waals surface area contributed by atoms with Gasteiger partial charge in [-0.1, -0.05) is 0 Å². The van der Waals surface area contributed by atoms with Crippen LogP contribution in [0.25, 0.3) is 0 Å². The van der Waals surface area contributed by atoms with E-state index in [9.17, 15) is 8.42 Å². The molecular weight excluding hydrogens is 292 g/mol. The number of benzene rings is 1. The highest BCUT2D eigenvalue weighted by Gasteiger charge is 2.20. The highest BCUT2D eigenvalue weighted by atomic mass is 32.2. The van der Waals surface area contributed by atoms with E-state index in [4.69, 9.17) is 10.5 Å². The van der Waals surface area contributed by atoms with Crippen molar-refractivity contribution in [1.29, 1.82) is 0 Å². The smallest absolute Gasteiger partial charge is 0.242 e. The number of rotatable bonds is 6. The van der Waals surface area contributed by atoms with Crippen LogP contribution in [0, 0.1) is 0 Å². The molecule has 0 radical (unpaired) electrons. The summed E-state index contributed by atoms with van der Waals surface area (Å²) in [5.74, 6) is 0.510. The summed E-state index contributed by atoms with van der Waals surface area (Å²) in [6.45, 7) is 2.20. The van der Waals surface area contributed by atoms with Crippen LogP contribution in [0.4, 0.5) is 5.69 Å². The van der Waals surface area contributed by atoms with Crippen LogP contribution in [0.2, 0.25) is 0 Å². The molecule has 1 atom stereocenters. The fourth-order valence-electron chi connectivity index (χ4n) is 1.95. The van der Waals surface area contributed by atoms with E-state index < -0.39 is 10.0 Å². The Labute approximate surface area is 123 Å². The highest BCUT2D eigenvalue weighted by Crippen LogP contribution is 2.23. The van der Waals surface area contributed by atoms with Crippen LogP contribution in [0.1, 0.15) is 6.92 Å². The summed E-state index contributed by atoms with van der Waals surface area (Å²) in [5, 5.41) is 4.04. The molecule has 1 aromatic carbocycles. The van der Waals surface area contributed by atoms with Gasteiger partial charge in [-0.05, 0) is 25.1 Å². The molecule has 8 heteroatoms. The zero-order valence-electron chi connectivity index (χ0n) is 11.9. The predicted octanol–water partition coefficient (Wildman–Crippen LogP) is 0.841. The molecular formula is C13H18N4O3S. The lowest BCUT2D eigenvalue weighted by Gasteiger charge is -2.15. The Balaban J connectivity index is 2.14. The zero-order chi connectivity index (χ0) is 15.5. The standard InChI is InChI=1S/C13H18N4O3S/c1-10(9-17-7-3-6-15-17)16-21(18,19)13-5-4-11(20-2)8-12(13)14/h3-8,10,16H,9,14H2,1-2H3. The summed E-state index contributed by atoms with van der Waals surface area (Å²) >= 11 is 0. The summed E-state index contributed by atoms with van der Waals surface area (Å²) in [6.07, 6.45) is 3.41. The maximum atomic E-state index is 12.3. The van der Waals surface area contributed by atoms with Gasteiger partial charge in [0, 0.05) is 24.5 Å². The van der Waals surface area contributed by atoms with Gasteiger partial charge in [0.15, 0.2) is 0 Å². The molecule has 21 heavy (non-hydrogen) atoms. The first-order valence-corrected chi connectivity index (χ1v) is 7.84. The molecule has 3 N–H and O–H groups in total. The number of anilines is 1. The zero-order valence-corrected chi connectivity index (χ0v) is 12.7. The van der Waals surface area contributed by atoms with Crippen molar-refractivity contribution in [1.82, 2.24) is 14.5 Å². The van der Waals surface area contributed by atoms with Gasteiger partial charge in [-0.2, -0.15) is 5.10 Å². The molecule has 2 rings (SSSR count). The minimum absolute atomic E-state index is 0.0376. The van der Waals surface area contributed by atoms with E-state index in [0.717, 1.165) is 0 Å². The van der Waals surface area contributed by atoms with Gasteiger partial charge in [0.25, 0.3) is 0 Å². The van der Waals surface area contributed by atoms with Crippen LogP contribution in [-0.2, 0) is 16.6 Å². The van der Waals surface area contributed by atoms with E-state index in [2.05, 4.69) is 9.82 Å². The molecule has 114 valence electrons. The van der Waals surface area contributed by atoms with Crippen molar-refractivity contribution in [2.75, 3.05) is 12.8 Å². The largest absolute Gasteiger partial charge is 0.497 e. The van der Waals surface area contributed by atoms with Crippen LogP contribution < -0.4 is 15.2 Å². The van der Waals surface area contributed by atoms with Gasteiger partial charge in [-0.15, -0.1) is 0 Å². The number of sulfonamides is 1. The fraction of sp³-hybridized carbons (Fsp3) is 0.308. The first-order chi connectivity index (χ1) is 9.92. The van der Waals surface area contributed by atoms with Gasteiger partial charge in [0.05, 0.1) is 19.3 Å². The van der Waals surface area contributed by atoms with Gasteiger partial charge >= 0.3 is 0 Å². The number of methoxy groups -OCH3 is 1. The molecule has 0 bridgehead atoms. The van der Waals surface area contributed by atoms with Gasteiger partial charge in [-0.3, -0.25) is 4.68 Å². The first kappa shape index (κ1) is 15.3. The van der Waals surface area contributed by atoms with Crippen LogP contribution in [0.5, 0.6) is 5.75 Å². The second-order valence-corrected chi connectivity index (χ2v) is 6.34. The van der Waals surface area contributed by atoms with Gasteiger partial charge in [0.1, 0.15) is 10.6 Å². The molecule has 1 aromatic heterocycles. The lowest BCUT2D eigenvalue weighted by molar-refractivity contribution is 0.414. The third-order valence-electron chi connectivity index (χ3n) is 2.88. The Morgan fingerprint density at radius 3 is 2.81 bits per heavy atom. The van der Waals surface area contributed by atoms with Crippen molar-refractivity contribution in [3.63, 3.8) is 0 Å². The van der Waals surface area contributed by atoms with Gasteiger partial charge < -0.3 is 10.5 Å². The SMILES string of the molecule is COc1ccc(S(=O)(=O)NC(C)Cn2cccn2)c(N)c1. The van der Waals surface area contributed by atoms with Crippen molar-refractivity contribution in [2.45, 2.75) is 24.4 Å². The number of nitrogens with two attached hydrogens (primary N) is 1. The molecule has 0 fully saturated rings. The Morgan fingerprint density at radius 1 is 1.48 bits per heavy atom. The number of hydrogen-bond acceptors (Lipinski definition) is 5. The Kier molecular flexibility index (Phi) is 4.49. The summed E-state index contributed by atoms with van der Waals surface area (Å²) in [4.78, 5) is 0.0376. The maximum absolute atomic E-state index is 12.3. The summed E-state index contributed by atoms with van der Waals surface area (Å²) in [7, 11) is -2.20. The quantitative estimate of drug-likeness (QED) is 0.770. The second kappa shape index (κ2) is 6.15. The van der Waals surface area contributed by atoms with Crippen molar-refractivity contribution in [2.24, 2.45) is 0 Å². The van der Waals surface area contributed by atoms with Gasteiger partial charge in [0.2, 0.25) is 10.0 Å². The Morgan fingerprint density at radius 2 is 2.24 bits per heavy atom. The lowest BCUT2D eigenvalue weighted by atomic mass is 10.3. The molecule has 0 aliphatic carbocycles. The fourth-order valence-corrected chi connectivity index (χ4v) is 3.30. The average Bonchev–Trinajstić information content (AvgIpc) is 2.90. The molecule has 0 amide bonds. The van der Waals surface area contributed by atoms with Crippen molar-refractivity contribution < 1.29 is 13.2 Å². The number of nitrogen functional groups attached to an aromatic ring is 1. The lowest BCUT2D eigenvalue weighted by Crippen LogP contribution is -2.36. The Hall–Kier alpha value is -2.06. The number of ether oxygens (including phenoxy) is 1. The van der Waals surface area contributed by atoms with E-state index in [0.29, 0.717) is 12.3 Å². The topological polar surface area (TPSA) is 99.2 Å². The monoisotopic (exact) mass is 310 g/mol.